The minimum atomic E-state index is 0.403. The largest absolute Gasteiger partial charge is 0.383 e. The molecule has 1 aliphatic rings. The van der Waals surface area contributed by atoms with E-state index < -0.39 is 0 Å². The number of methoxy groups -OCH3 is 1. The Morgan fingerprint density at radius 2 is 1.95 bits per heavy atom. The molecular weight excluding hydrogens is 260 g/mol. The Bertz CT molecular complexity index is 287. The number of nitrogens with two attached hydrogens (primary N) is 1. The van der Waals surface area contributed by atoms with Gasteiger partial charge < -0.3 is 10.5 Å². The zero-order valence-corrected chi connectivity index (χ0v) is 15.2. The zero-order valence-electron chi connectivity index (χ0n) is 15.2. The minimum absolute atomic E-state index is 0.403. The van der Waals surface area contributed by atoms with Crippen molar-refractivity contribution in [3.05, 3.63) is 0 Å². The van der Waals surface area contributed by atoms with Gasteiger partial charge in [-0.2, -0.15) is 0 Å². The maximum atomic E-state index is 6.10. The molecule has 0 heterocycles. The van der Waals surface area contributed by atoms with Crippen molar-refractivity contribution in [1.29, 1.82) is 0 Å². The maximum Gasteiger partial charge on any atom is 0.0589 e. The third-order valence-electron chi connectivity index (χ3n) is 5.62. The molecule has 0 spiro atoms. The third kappa shape index (κ3) is 5.22. The quantitative estimate of drug-likeness (QED) is 0.781. The van der Waals surface area contributed by atoms with Gasteiger partial charge in [-0.15, -0.1) is 0 Å². The van der Waals surface area contributed by atoms with Crippen molar-refractivity contribution >= 4 is 0 Å². The summed E-state index contributed by atoms with van der Waals surface area (Å²) in [6.45, 7) is 14.5. The first kappa shape index (κ1) is 18.9. The molecule has 2 N–H and O–H groups in total. The molecule has 1 rings (SSSR count). The Kier molecular flexibility index (Phi) is 7.66. The summed E-state index contributed by atoms with van der Waals surface area (Å²) in [6, 6.07) is 1.23. The zero-order chi connectivity index (χ0) is 16.0. The summed E-state index contributed by atoms with van der Waals surface area (Å²) in [5.41, 5.74) is 6.50. The van der Waals surface area contributed by atoms with E-state index in [1.807, 2.05) is 0 Å². The van der Waals surface area contributed by atoms with E-state index in [-0.39, 0.29) is 0 Å². The van der Waals surface area contributed by atoms with Gasteiger partial charge in [0.15, 0.2) is 0 Å². The van der Waals surface area contributed by atoms with E-state index in [1.165, 1.54) is 25.7 Å². The molecular formula is C18H38N2O. The van der Waals surface area contributed by atoms with Crippen LogP contribution in [0, 0.1) is 17.3 Å². The third-order valence-corrected chi connectivity index (χ3v) is 5.62. The fraction of sp³-hybridized carbons (Fsp3) is 1.00. The fourth-order valence-electron chi connectivity index (χ4n) is 3.82. The van der Waals surface area contributed by atoms with Crippen molar-refractivity contribution in [1.82, 2.24) is 4.90 Å². The summed E-state index contributed by atoms with van der Waals surface area (Å²) in [5.74, 6) is 1.45. The smallest absolute Gasteiger partial charge is 0.0589 e. The average molecular weight is 299 g/mol. The number of ether oxygens (including phenoxy) is 1. The van der Waals surface area contributed by atoms with Crippen LogP contribution in [-0.4, -0.2) is 43.8 Å². The van der Waals surface area contributed by atoms with Gasteiger partial charge in [0.05, 0.1) is 6.61 Å². The summed E-state index contributed by atoms with van der Waals surface area (Å²) < 4.78 is 5.35. The first-order valence-corrected chi connectivity index (χ1v) is 8.79. The minimum Gasteiger partial charge on any atom is -0.383 e. The fourth-order valence-corrected chi connectivity index (χ4v) is 3.82. The predicted molar refractivity (Wildman–Crippen MR) is 91.5 cm³/mol. The topological polar surface area (TPSA) is 38.5 Å². The Balaban J connectivity index is 2.87. The lowest BCUT2D eigenvalue weighted by atomic mass is 9.67. The molecule has 21 heavy (non-hydrogen) atoms. The van der Waals surface area contributed by atoms with Crippen LogP contribution < -0.4 is 5.73 Å². The van der Waals surface area contributed by atoms with Crippen LogP contribution in [0.3, 0.4) is 0 Å². The van der Waals surface area contributed by atoms with Gasteiger partial charge in [0.25, 0.3) is 0 Å². The van der Waals surface area contributed by atoms with Gasteiger partial charge in [-0.3, -0.25) is 4.90 Å². The average Bonchev–Trinajstić information content (AvgIpc) is 2.46. The highest BCUT2D eigenvalue weighted by molar-refractivity contribution is 4.92. The van der Waals surface area contributed by atoms with E-state index in [0.29, 0.717) is 23.4 Å². The molecule has 1 saturated carbocycles. The van der Waals surface area contributed by atoms with Gasteiger partial charge >= 0.3 is 0 Å². The number of rotatable bonds is 7. The summed E-state index contributed by atoms with van der Waals surface area (Å²) in [4.78, 5) is 2.68. The molecule has 1 fully saturated rings. The van der Waals surface area contributed by atoms with Gasteiger partial charge in [-0.05, 0) is 56.4 Å². The van der Waals surface area contributed by atoms with Crippen molar-refractivity contribution < 1.29 is 4.74 Å². The van der Waals surface area contributed by atoms with Crippen LogP contribution in [-0.2, 0) is 4.74 Å². The second kappa shape index (κ2) is 8.50. The molecule has 0 aliphatic heterocycles. The van der Waals surface area contributed by atoms with Gasteiger partial charge in [-0.1, -0.05) is 27.7 Å². The van der Waals surface area contributed by atoms with Gasteiger partial charge in [-0.25, -0.2) is 0 Å². The van der Waals surface area contributed by atoms with E-state index in [9.17, 15) is 0 Å². The molecule has 0 amide bonds. The highest BCUT2D eigenvalue weighted by Crippen LogP contribution is 2.41. The Morgan fingerprint density at radius 3 is 2.43 bits per heavy atom. The van der Waals surface area contributed by atoms with Crippen molar-refractivity contribution in [3.63, 3.8) is 0 Å². The summed E-state index contributed by atoms with van der Waals surface area (Å²) in [6.07, 6.45) is 5.10. The molecule has 0 aromatic heterocycles. The molecule has 3 heteroatoms. The van der Waals surface area contributed by atoms with Gasteiger partial charge in [0.1, 0.15) is 0 Å². The van der Waals surface area contributed by atoms with Crippen LogP contribution in [0.2, 0.25) is 0 Å². The van der Waals surface area contributed by atoms with E-state index in [1.54, 1.807) is 7.11 Å². The van der Waals surface area contributed by atoms with Crippen molar-refractivity contribution in [2.24, 2.45) is 23.0 Å². The lowest BCUT2D eigenvalue weighted by Gasteiger charge is -2.48. The first-order valence-electron chi connectivity index (χ1n) is 8.79. The molecule has 1 aliphatic carbocycles. The van der Waals surface area contributed by atoms with Gasteiger partial charge in [0.2, 0.25) is 0 Å². The Labute approximate surface area is 132 Å². The molecule has 0 aromatic carbocycles. The highest BCUT2D eigenvalue weighted by atomic mass is 16.5. The van der Waals surface area contributed by atoms with Crippen LogP contribution in [0.4, 0.5) is 0 Å². The van der Waals surface area contributed by atoms with Crippen LogP contribution in [0.1, 0.15) is 60.3 Å². The number of hydrogen-bond acceptors (Lipinski definition) is 3. The molecule has 0 bridgehead atoms. The van der Waals surface area contributed by atoms with Crippen LogP contribution in [0.5, 0.6) is 0 Å². The standard InChI is InChI=1S/C18H38N2O/c1-7-14(2)20(10-11-21-6)17-12-16(18(3,4)5)9-8-15(17)13-19/h14-17H,7-13,19H2,1-6H3. The lowest BCUT2D eigenvalue weighted by Crippen LogP contribution is -2.52. The molecule has 4 unspecified atom stereocenters. The van der Waals surface area contributed by atoms with Crippen molar-refractivity contribution in [2.45, 2.75) is 72.4 Å². The summed E-state index contributed by atoms with van der Waals surface area (Å²) in [5, 5.41) is 0. The molecule has 0 saturated heterocycles. The Morgan fingerprint density at radius 1 is 1.29 bits per heavy atom. The molecule has 0 radical (unpaired) electrons. The molecule has 3 nitrogen and oxygen atoms in total. The second-order valence-corrected chi connectivity index (χ2v) is 7.93. The van der Waals surface area contributed by atoms with E-state index in [0.717, 1.165) is 25.6 Å². The summed E-state index contributed by atoms with van der Waals surface area (Å²) >= 11 is 0. The van der Waals surface area contributed by atoms with E-state index in [2.05, 4.69) is 39.5 Å². The first-order chi connectivity index (χ1) is 9.85. The van der Waals surface area contributed by atoms with Crippen LogP contribution in [0.15, 0.2) is 0 Å². The predicted octanol–water partition coefficient (Wildman–Crippen LogP) is 3.52. The van der Waals surface area contributed by atoms with Crippen molar-refractivity contribution in [2.75, 3.05) is 26.8 Å². The maximum absolute atomic E-state index is 6.10. The number of hydrogen-bond donors (Lipinski definition) is 1. The van der Waals surface area contributed by atoms with E-state index >= 15 is 0 Å². The number of nitrogens with zero attached hydrogens (tertiary/aromatic N) is 1. The van der Waals surface area contributed by atoms with E-state index in [4.69, 9.17) is 10.5 Å². The highest BCUT2D eigenvalue weighted by Gasteiger charge is 2.38. The van der Waals surface area contributed by atoms with Crippen LogP contribution in [0.25, 0.3) is 0 Å². The molecule has 4 atom stereocenters. The van der Waals surface area contributed by atoms with Crippen molar-refractivity contribution in [3.8, 4) is 0 Å². The second-order valence-electron chi connectivity index (χ2n) is 7.93. The molecule has 0 aromatic rings. The summed E-state index contributed by atoms with van der Waals surface area (Å²) in [7, 11) is 1.80. The van der Waals surface area contributed by atoms with Gasteiger partial charge in [0, 0.05) is 25.7 Å². The normalized spacial score (nSPS) is 28.9. The lowest BCUT2D eigenvalue weighted by molar-refractivity contribution is 0.00917. The SMILES string of the molecule is CCC(C)N(CCOC)C1CC(C(C)(C)C)CCC1CN. The monoisotopic (exact) mass is 298 g/mol. The molecule has 126 valence electrons. The Hall–Kier alpha value is -0.120. The van der Waals surface area contributed by atoms with Crippen LogP contribution >= 0.6 is 0 Å².